The van der Waals surface area contributed by atoms with E-state index in [0.29, 0.717) is 12.3 Å². The maximum atomic E-state index is 12.8. The van der Waals surface area contributed by atoms with Crippen LogP contribution in [0.2, 0.25) is 0 Å². The highest BCUT2D eigenvalue weighted by Crippen LogP contribution is 2.38. The molecule has 4 heteroatoms. The molecule has 1 aromatic rings. The summed E-state index contributed by atoms with van der Waals surface area (Å²) in [6, 6.07) is 2.86. The van der Waals surface area contributed by atoms with Crippen molar-refractivity contribution in [2.75, 3.05) is 0 Å². The average molecular weight is 319 g/mol. The van der Waals surface area contributed by atoms with Crippen LogP contribution in [0.4, 0.5) is 13.2 Å². The number of halogens is 4. The molecular formula is C14H14BrF3. The zero-order valence-corrected chi connectivity index (χ0v) is 11.6. The van der Waals surface area contributed by atoms with Gasteiger partial charge >= 0.3 is 6.18 Å². The first kappa shape index (κ1) is 13.7. The van der Waals surface area contributed by atoms with Crippen molar-refractivity contribution in [3.05, 3.63) is 39.4 Å². The molecule has 0 aliphatic heterocycles. The molecule has 2 rings (SSSR count). The molecule has 0 heterocycles. The molecule has 1 atom stereocenters. The van der Waals surface area contributed by atoms with Crippen LogP contribution in [0.5, 0.6) is 0 Å². The van der Waals surface area contributed by atoms with Crippen LogP contribution in [0.15, 0.2) is 22.7 Å². The molecule has 0 spiro atoms. The van der Waals surface area contributed by atoms with Crippen LogP contribution in [-0.4, -0.2) is 0 Å². The monoisotopic (exact) mass is 318 g/mol. The number of allylic oxidation sites excluding steroid dienone is 1. The molecule has 18 heavy (non-hydrogen) atoms. The first-order chi connectivity index (χ1) is 8.41. The summed E-state index contributed by atoms with van der Waals surface area (Å²) >= 11 is 3.01. The predicted octanol–water partition coefficient (Wildman–Crippen LogP) is 5.45. The van der Waals surface area contributed by atoms with Crippen LogP contribution in [0, 0.1) is 5.92 Å². The number of alkyl halides is 3. The number of hydrogen-bond donors (Lipinski definition) is 0. The van der Waals surface area contributed by atoms with Crippen molar-refractivity contribution in [3.63, 3.8) is 0 Å². The molecule has 1 aliphatic carbocycles. The average Bonchev–Trinajstić information content (AvgIpc) is 2.48. The van der Waals surface area contributed by atoms with Crippen molar-refractivity contribution in [2.24, 2.45) is 5.92 Å². The van der Waals surface area contributed by atoms with Gasteiger partial charge in [0.25, 0.3) is 0 Å². The van der Waals surface area contributed by atoms with Crippen LogP contribution in [-0.2, 0) is 12.6 Å². The fourth-order valence-corrected chi connectivity index (χ4v) is 2.83. The van der Waals surface area contributed by atoms with E-state index in [4.69, 9.17) is 0 Å². The van der Waals surface area contributed by atoms with Gasteiger partial charge in [-0.2, -0.15) is 13.2 Å². The Morgan fingerprint density at radius 1 is 1.33 bits per heavy atom. The van der Waals surface area contributed by atoms with E-state index in [1.165, 1.54) is 6.07 Å². The molecule has 1 unspecified atom stereocenters. The van der Waals surface area contributed by atoms with E-state index in [-0.39, 0.29) is 4.47 Å². The van der Waals surface area contributed by atoms with Gasteiger partial charge in [0, 0.05) is 4.47 Å². The van der Waals surface area contributed by atoms with Gasteiger partial charge in [0.1, 0.15) is 0 Å². The zero-order valence-electron chi connectivity index (χ0n) is 10.0. The second-order valence-electron chi connectivity index (χ2n) is 4.59. The van der Waals surface area contributed by atoms with Gasteiger partial charge in [-0.25, -0.2) is 0 Å². The molecule has 0 bridgehead atoms. The van der Waals surface area contributed by atoms with Gasteiger partial charge in [0.05, 0.1) is 5.56 Å². The van der Waals surface area contributed by atoms with E-state index in [1.54, 1.807) is 6.07 Å². The van der Waals surface area contributed by atoms with Gasteiger partial charge in [0.15, 0.2) is 0 Å². The number of benzene rings is 1. The van der Waals surface area contributed by atoms with Crippen molar-refractivity contribution in [1.29, 1.82) is 0 Å². The molecule has 0 N–H and O–H groups in total. The molecule has 0 fully saturated rings. The summed E-state index contributed by atoms with van der Waals surface area (Å²) in [5.74, 6) is 0.463. The largest absolute Gasteiger partial charge is 0.417 e. The predicted molar refractivity (Wildman–Crippen MR) is 70.3 cm³/mol. The minimum Gasteiger partial charge on any atom is -0.166 e. The Balaban J connectivity index is 2.43. The summed E-state index contributed by atoms with van der Waals surface area (Å²) in [7, 11) is 0. The van der Waals surface area contributed by atoms with E-state index < -0.39 is 11.7 Å². The maximum Gasteiger partial charge on any atom is 0.417 e. The fourth-order valence-electron chi connectivity index (χ4n) is 2.24. The lowest BCUT2D eigenvalue weighted by molar-refractivity contribution is -0.138. The zero-order chi connectivity index (χ0) is 13.3. The molecule has 0 amide bonds. The lowest BCUT2D eigenvalue weighted by Gasteiger charge is -2.13. The first-order valence-electron chi connectivity index (χ1n) is 5.99. The molecule has 0 radical (unpaired) electrons. The lowest BCUT2D eigenvalue weighted by Crippen LogP contribution is -2.07. The van der Waals surface area contributed by atoms with E-state index >= 15 is 0 Å². The van der Waals surface area contributed by atoms with Gasteiger partial charge in [0.2, 0.25) is 0 Å². The highest BCUT2D eigenvalue weighted by Gasteiger charge is 2.33. The summed E-state index contributed by atoms with van der Waals surface area (Å²) in [5, 5.41) is 0. The highest BCUT2D eigenvalue weighted by molar-refractivity contribution is 9.10. The molecule has 1 aromatic carbocycles. The van der Waals surface area contributed by atoms with Crippen LogP contribution in [0.25, 0.3) is 6.08 Å². The summed E-state index contributed by atoms with van der Waals surface area (Å²) in [6.07, 6.45) is 2.40. The summed E-state index contributed by atoms with van der Waals surface area (Å²) in [5.41, 5.74) is 1.10. The van der Waals surface area contributed by atoms with Crippen molar-refractivity contribution >= 4 is 22.0 Å². The quantitative estimate of drug-likeness (QED) is 0.645. The molecule has 0 aromatic heterocycles. The Labute approximate surface area is 113 Å². The van der Waals surface area contributed by atoms with Crippen LogP contribution in [0.3, 0.4) is 0 Å². The second kappa shape index (κ2) is 5.08. The Kier molecular flexibility index (Phi) is 3.85. The highest BCUT2D eigenvalue weighted by atomic mass is 79.9. The van der Waals surface area contributed by atoms with Gasteiger partial charge in [-0.05, 0) is 48.4 Å². The molecular weight excluding hydrogens is 305 g/mol. The Morgan fingerprint density at radius 3 is 2.67 bits per heavy atom. The van der Waals surface area contributed by atoms with Crippen molar-refractivity contribution < 1.29 is 13.2 Å². The summed E-state index contributed by atoms with van der Waals surface area (Å²) in [4.78, 5) is 0. The van der Waals surface area contributed by atoms with Crippen molar-refractivity contribution in [3.8, 4) is 0 Å². The number of fused-ring (bicyclic) bond motifs is 1. The summed E-state index contributed by atoms with van der Waals surface area (Å²) < 4.78 is 38.6. The van der Waals surface area contributed by atoms with E-state index in [0.717, 1.165) is 24.0 Å². The third-order valence-electron chi connectivity index (χ3n) is 3.39. The topological polar surface area (TPSA) is 0 Å². The van der Waals surface area contributed by atoms with Crippen molar-refractivity contribution in [2.45, 2.75) is 32.4 Å². The number of hydrogen-bond acceptors (Lipinski definition) is 0. The standard InChI is InChI=1S/C14H14BrF3/c1-2-9-3-5-10-7-12(14(16,17)18)13(15)8-11(10)6-4-9/h4,6-9H,2-3,5H2,1H3. The number of rotatable bonds is 1. The van der Waals surface area contributed by atoms with Crippen LogP contribution in [0.1, 0.15) is 36.5 Å². The fraction of sp³-hybridized carbons (Fsp3) is 0.429. The van der Waals surface area contributed by atoms with Crippen LogP contribution >= 0.6 is 15.9 Å². The van der Waals surface area contributed by atoms with E-state index in [2.05, 4.69) is 28.9 Å². The molecule has 1 aliphatic rings. The Bertz CT molecular complexity index is 475. The smallest absolute Gasteiger partial charge is 0.166 e. The van der Waals surface area contributed by atoms with Gasteiger partial charge in [-0.15, -0.1) is 0 Å². The third kappa shape index (κ3) is 2.79. The minimum absolute atomic E-state index is 0.119. The molecule has 98 valence electrons. The van der Waals surface area contributed by atoms with Crippen molar-refractivity contribution in [1.82, 2.24) is 0 Å². The Hall–Kier alpha value is -0.770. The lowest BCUT2D eigenvalue weighted by atomic mass is 9.98. The molecule has 0 saturated carbocycles. The Morgan fingerprint density at radius 2 is 2.06 bits per heavy atom. The maximum absolute atomic E-state index is 12.8. The van der Waals surface area contributed by atoms with Crippen LogP contribution < -0.4 is 0 Å². The van der Waals surface area contributed by atoms with E-state index in [9.17, 15) is 13.2 Å². The summed E-state index contributed by atoms with van der Waals surface area (Å²) in [6.45, 7) is 2.10. The first-order valence-corrected chi connectivity index (χ1v) is 6.79. The molecule has 0 saturated heterocycles. The SMILES string of the molecule is CCC1C=Cc2cc(Br)c(C(F)(F)F)cc2CC1. The van der Waals surface area contributed by atoms with Gasteiger partial charge in [-0.1, -0.05) is 35.0 Å². The normalized spacial score (nSPS) is 19.5. The second-order valence-corrected chi connectivity index (χ2v) is 5.45. The van der Waals surface area contributed by atoms with E-state index in [1.807, 2.05) is 6.08 Å². The third-order valence-corrected chi connectivity index (χ3v) is 4.05. The minimum atomic E-state index is -4.30. The van der Waals surface area contributed by atoms with Gasteiger partial charge < -0.3 is 0 Å². The number of aryl methyl sites for hydroxylation is 1. The van der Waals surface area contributed by atoms with Gasteiger partial charge in [-0.3, -0.25) is 0 Å². The molecule has 0 nitrogen and oxygen atoms in total.